The van der Waals surface area contributed by atoms with E-state index >= 15 is 0 Å². The number of hydrogen-bond acceptors (Lipinski definition) is 7. The third kappa shape index (κ3) is 3.07. The largest absolute Gasteiger partial charge is 0.493 e. The van der Waals surface area contributed by atoms with Crippen molar-refractivity contribution in [3.63, 3.8) is 0 Å². The Morgan fingerprint density at radius 3 is 2.88 bits per heavy atom. The normalized spacial score (nSPS) is 10.5. The molecule has 0 N–H and O–H groups in total. The van der Waals surface area contributed by atoms with Crippen molar-refractivity contribution in [3.8, 4) is 17.6 Å². The van der Waals surface area contributed by atoms with Gasteiger partial charge in [-0.2, -0.15) is 14.9 Å². The molecule has 122 valence electrons. The Morgan fingerprint density at radius 1 is 1.33 bits per heavy atom. The molecule has 0 bridgehead atoms. The minimum absolute atomic E-state index is 0.118. The van der Waals surface area contributed by atoms with Gasteiger partial charge >= 0.3 is 0 Å². The third-order valence-corrected chi connectivity index (χ3v) is 4.36. The summed E-state index contributed by atoms with van der Waals surface area (Å²) in [6, 6.07) is 8.34. The van der Waals surface area contributed by atoms with E-state index in [4.69, 9.17) is 14.7 Å². The molecular formula is C16H14N4O3S. The topological polar surface area (TPSA) is 89.5 Å². The summed E-state index contributed by atoms with van der Waals surface area (Å²) in [5.41, 5.74) is 0.757. The van der Waals surface area contributed by atoms with Crippen molar-refractivity contribution in [2.75, 3.05) is 7.11 Å². The van der Waals surface area contributed by atoms with Gasteiger partial charge in [0.1, 0.15) is 11.6 Å². The molecule has 0 radical (unpaired) electrons. The molecule has 7 nitrogen and oxygen atoms in total. The maximum Gasteiger partial charge on any atom is 0.275 e. The monoisotopic (exact) mass is 342 g/mol. The molecule has 0 unspecified atom stereocenters. The molecule has 24 heavy (non-hydrogen) atoms. The van der Waals surface area contributed by atoms with Gasteiger partial charge < -0.3 is 9.47 Å². The lowest BCUT2D eigenvalue weighted by molar-refractivity contribution is 0.280. The molecule has 0 spiro atoms. The van der Waals surface area contributed by atoms with Gasteiger partial charge in [-0.05, 0) is 18.6 Å². The maximum absolute atomic E-state index is 12.1. The fourth-order valence-corrected chi connectivity index (χ4v) is 2.98. The number of benzene rings is 1. The summed E-state index contributed by atoms with van der Waals surface area (Å²) in [6.07, 6.45) is 0.752. The number of hydrogen-bond donors (Lipinski definition) is 0. The maximum atomic E-state index is 12.1. The summed E-state index contributed by atoms with van der Waals surface area (Å²) in [5.74, 6) is 0.940. The fraction of sp³-hybridized carbons (Fsp3) is 0.250. The lowest BCUT2D eigenvalue weighted by Gasteiger charge is -2.10. The molecule has 3 rings (SSSR count). The highest BCUT2D eigenvalue weighted by Crippen LogP contribution is 2.28. The van der Waals surface area contributed by atoms with E-state index in [2.05, 4.69) is 10.1 Å². The lowest BCUT2D eigenvalue weighted by Crippen LogP contribution is -2.16. The average molecular weight is 342 g/mol. The highest BCUT2D eigenvalue weighted by Gasteiger charge is 2.10. The zero-order chi connectivity index (χ0) is 17.1. The van der Waals surface area contributed by atoms with E-state index < -0.39 is 0 Å². The molecular weight excluding hydrogens is 328 g/mol. The Labute approximate surface area is 141 Å². The number of fused-ring (bicyclic) bond motifs is 1. The minimum Gasteiger partial charge on any atom is -0.493 e. The Kier molecular flexibility index (Phi) is 4.44. The Hall–Kier alpha value is -2.92. The predicted molar refractivity (Wildman–Crippen MR) is 88.6 cm³/mol. The molecule has 2 aromatic heterocycles. The van der Waals surface area contributed by atoms with Crippen LogP contribution in [0.1, 0.15) is 23.2 Å². The molecule has 0 aliphatic carbocycles. The zero-order valence-electron chi connectivity index (χ0n) is 13.1. The van der Waals surface area contributed by atoms with Gasteiger partial charge in [-0.1, -0.05) is 18.3 Å². The minimum atomic E-state index is -0.235. The van der Waals surface area contributed by atoms with Crippen LogP contribution in [0.25, 0.3) is 4.96 Å². The SMILES string of the molecule is CCc1nn2c(=O)cc(COc3ccc(C#N)cc3OC)nc2s1. The summed E-state index contributed by atoms with van der Waals surface area (Å²) in [5, 5.41) is 14.0. The number of methoxy groups -OCH3 is 1. The van der Waals surface area contributed by atoms with E-state index in [0.717, 1.165) is 11.4 Å². The molecule has 0 saturated carbocycles. The van der Waals surface area contributed by atoms with Gasteiger partial charge in [-0.25, -0.2) is 4.98 Å². The highest BCUT2D eigenvalue weighted by atomic mass is 32.1. The van der Waals surface area contributed by atoms with Crippen LogP contribution in [0, 0.1) is 11.3 Å². The number of aryl methyl sites for hydroxylation is 1. The first kappa shape index (κ1) is 16.0. The first-order valence-corrected chi connectivity index (χ1v) is 8.06. The van der Waals surface area contributed by atoms with E-state index in [9.17, 15) is 4.79 Å². The average Bonchev–Trinajstić information content (AvgIpc) is 3.03. The molecule has 0 amide bonds. The first-order valence-electron chi connectivity index (χ1n) is 7.24. The standard InChI is InChI=1S/C16H14N4O3S/c1-3-14-19-20-15(21)7-11(18-16(20)24-14)9-23-12-5-4-10(8-17)6-13(12)22-2/h4-7H,3,9H2,1-2H3. The Bertz CT molecular complexity index is 987. The summed E-state index contributed by atoms with van der Waals surface area (Å²) in [4.78, 5) is 17.1. The van der Waals surface area contributed by atoms with Crippen LogP contribution in [-0.4, -0.2) is 21.7 Å². The second-order valence-corrected chi connectivity index (χ2v) is 5.94. The van der Waals surface area contributed by atoms with Gasteiger partial charge in [-0.3, -0.25) is 4.79 Å². The van der Waals surface area contributed by atoms with Crippen LogP contribution in [0.2, 0.25) is 0 Å². The van der Waals surface area contributed by atoms with Crippen molar-refractivity contribution in [1.82, 2.24) is 14.6 Å². The second kappa shape index (κ2) is 6.68. The zero-order valence-corrected chi connectivity index (χ0v) is 14.0. The number of nitriles is 1. The molecule has 0 fully saturated rings. The van der Waals surface area contributed by atoms with Crippen LogP contribution in [0.3, 0.4) is 0 Å². The molecule has 1 aromatic carbocycles. The Balaban J connectivity index is 1.86. The third-order valence-electron chi connectivity index (χ3n) is 3.31. The Morgan fingerprint density at radius 2 is 2.17 bits per heavy atom. The van der Waals surface area contributed by atoms with Gasteiger partial charge in [-0.15, -0.1) is 0 Å². The van der Waals surface area contributed by atoms with Crippen LogP contribution < -0.4 is 15.0 Å². The number of aromatic nitrogens is 3. The number of rotatable bonds is 5. The smallest absolute Gasteiger partial charge is 0.275 e. The summed E-state index contributed by atoms with van der Waals surface area (Å²) in [6.45, 7) is 2.09. The van der Waals surface area contributed by atoms with E-state index in [1.165, 1.54) is 29.0 Å². The van der Waals surface area contributed by atoms with Gasteiger partial charge in [0.2, 0.25) is 4.96 Å². The van der Waals surface area contributed by atoms with E-state index in [0.29, 0.717) is 27.7 Å². The van der Waals surface area contributed by atoms with Crippen molar-refractivity contribution in [1.29, 1.82) is 5.26 Å². The lowest BCUT2D eigenvalue weighted by atomic mass is 10.2. The van der Waals surface area contributed by atoms with Crippen LogP contribution in [-0.2, 0) is 13.0 Å². The van der Waals surface area contributed by atoms with Crippen molar-refractivity contribution in [3.05, 3.63) is 50.9 Å². The van der Waals surface area contributed by atoms with E-state index in [1.807, 2.05) is 13.0 Å². The van der Waals surface area contributed by atoms with Crippen molar-refractivity contribution in [2.45, 2.75) is 20.0 Å². The summed E-state index contributed by atoms with van der Waals surface area (Å²) >= 11 is 1.38. The molecule has 0 saturated heterocycles. The quantitative estimate of drug-likeness (QED) is 0.706. The fourth-order valence-electron chi connectivity index (χ4n) is 2.12. The number of ether oxygens (including phenoxy) is 2. The van der Waals surface area contributed by atoms with Crippen LogP contribution in [0.5, 0.6) is 11.5 Å². The second-order valence-electron chi connectivity index (χ2n) is 4.90. The molecule has 3 aromatic rings. The van der Waals surface area contributed by atoms with Crippen LogP contribution in [0.4, 0.5) is 0 Å². The van der Waals surface area contributed by atoms with Crippen molar-refractivity contribution < 1.29 is 9.47 Å². The van der Waals surface area contributed by atoms with Crippen molar-refractivity contribution in [2.24, 2.45) is 0 Å². The first-order chi connectivity index (χ1) is 11.6. The number of nitrogens with zero attached hydrogens (tertiary/aromatic N) is 4. The molecule has 0 atom stereocenters. The molecule has 8 heteroatoms. The highest BCUT2D eigenvalue weighted by molar-refractivity contribution is 7.16. The van der Waals surface area contributed by atoms with Gasteiger partial charge in [0, 0.05) is 12.1 Å². The molecule has 2 heterocycles. The predicted octanol–water partition coefficient (Wildman–Crippen LogP) is 2.17. The van der Waals surface area contributed by atoms with Gasteiger partial charge in [0.05, 0.1) is 24.4 Å². The van der Waals surface area contributed by atoms with E-state index in [1.54, 1.807) is 18.2 Å². The van der Waals surface area contributed by atoms with Crippen LogP contribution >= 0.6 is 11.3 Å². The van der Waals surface area contributed by atoms with Gasteiger partial charge in [0.25, 0.3) is 5.56 Å². The summed E-state index contributed by atoms with van der Waals surface area (Å²) in [7, 11) is 1.50. The van der Waals surface area contributed by atoms with Crippen molar-refractivity contribution >= 4 is 16.3 Å². The molecule has 0 aliphatic rings. The van der Waals surface area contributed by atoms with E-state index in [-0.39, 0.29) is 12.2 Å². The molecule has 0 aliphatic heterocycles. The summed E-state index contributed by atoms with van der Waals surface area (Å²) < 4.78 is 12.2. The van der Waals surface area contributed by atoms with Gasteiger partial charge in [0.15, 0.2) is 11.5 Å². The van der Waals surface area contributed by atoms with Crippen LogP contribution in [0.15, 0.2) is 29.1 Å².